The Hall–Kier alpha value is -1.68. The molecule has 2 aromatic rings. The van der Waals surface area contributed by atoms with Crippen LogP contribution >= 0.6 is 0 Å². The third kappa shape index (κ3) is 2.67. The van der Waals surface area contributed by atoms with Gasteiger partial charge in [-0.15, -0.1) is 0 Å². The van der Waals surface area contributed by atoms with Crippen molar-refractivity contribution in [2.24, 2.45) is 0 Å². The predicted molar refractivity (Wildman–Crippen MR) is 63.8 cm³/mol. The summed E-state index contributed by atoms with van der Waals surface area (Å²) in [5, 5.41) is 3.32. The lowest BCUT2D eigenvalue weighted by Crippen LogP contribution is -2.22. The molecule has 0 saturated heterocycles. The Morgan fingerprint density at radius 2 is 2.25 bits per heavy atom. The Morgan fingerprint density at radius 3 is 2.94 bits per heavy atom. The zero-order valence-corrected chi connectivity index (χ0v) is 9.57. The van der Waals surface area contributed by atoms with Gasteiger partial charge in [-0.05, 0) is 12.1 Å². The van der Waals surface area contributed by atoms with Gasteiger partial charge in [-0.3, -0.25) is 4.98 Å². The van der Waals surface area contributed by atoms with Gasteiger partial charge >= 0.3 is 0 Å². The Labute approximate surface area is 95.1 Å². The second kappa shape index (κ2) is 4.90. The number of hydrogen-bond donors (Lipinski definition) is 2. The summed E-state index contributed by atoms with van der Waals surface area (Å²) >= 11 is 0. The van der Waals surface area contributed by atoms with E-state index in [0.29, 0.717) is 6.04 Å². The number of rotatable bonds is 4. The first kappa shape index (κ1) is 10.8. The fourth-order valence-electron chi connectivity index (χ4n) is 1.42. The summed E-state index contributed by atoms with van der Waals surface area (Å²) in [7, 11) is 0. The lowest BCUT2D eigenvalue weighted by Gasteiger charge is -2.04. The van der Waals surface area contributed by atoms with Crippen molar-refractivity contribution in [1.29, 1.82) is 0 Å². The summed E-state index contributed by atoms with van der Waals surface area (Å²) in [6.45, 7) is 4.99. The molecule has 0 atom stereocenters. The zero-order valence-electron chi connectivity index (χ0n) is 9.57. The zero-order chi connectivity index (χ0) is 11.4. The second-order valence-corrected chi connectivity index (χ2v) is 4.02. The molecule has 84 valence electrons. The summed E-state index contributed by atoms with van der Waals surface area (Å²) in [6.07, 6.45) is 5.43. The summed E-state index contributed by atoms with van der Waals surface area (Å²) in [5.41, 5.74) is 2.07. The maximum atomic E-state index is 4.32. The van der Waals surface area contributed by atoms with Crippen LogP contribution in [0.25, 0.3) is 11.3 Å². The van der Waals surface area contributed by atoms with Crippen LogP contribution in [0.3, 0.4) is 0 Å². The van der Waals surface area contributed by atoms with E-state index in [0.717, 1.165) is 23.6 Å². The predicted octanol–water partition coefficient (Wildman–Crippen LogP) is 1.97. The van der Waals surface area contributed by atoms with Crippen molar-refractivity contribution in [2.75, 3.05) is 0 Å². The van der Waals surface area contributed by atoms with E-state index in [4.69, 9.17) is 0 Å². The summed E-state index contributed by atoms with van der Waals surface area (Å²) in [6, 6.07) is 4.40. The quantitative estimate of drug-likeness (QED) is 0.821. The molecule has 4 nitrogen and oxygen atoms in total. The highest BCUT2D eigenvalue weighted by molar-refractivity contribution is 5.56. The van der Waals surface area contributed by atoms with Crippen molar-refractivity contribution < 1.29 is 0 Å². The van der Waals surface area contributed by atoms with Crippen molar-refractivity contribution in [3.05, 3.63) is 36.5 Å². The summed E-state index contributed by atoms with van der Waals surface area (Å²) in [5.74, 6) is 0.951. The number of imidazole rings is 1. The van der Waals surface area contributed by atoms with Crippen LogP contribution < -0.4 is 5.32 Å². The van der Waals surface area contributed by atoms with Crippen molar-refractivity contribution in [3.63, 3.8) is 0 Å². The minimum Gasteiger partial charge on any atom is -0.341 e. The molecule has 0 spiro atoms. The van der Waals surface area contributed by atoms with E-state index in [2.05, 4.69) is 34.1 Å². The highest BCUT2D eigenvalue weighted by Gasteiger charge is 2.03. The van der Waals surface area contributed by atoms with E-state index in [1.54, 1.807) is 6.20 Å². The van der Waals surface area contributed by atoms with Gasteiger partial charge in [-0.1, -0.05) is 13.8 Å². The molecular weight excluding hydrogens is 200 g/mol. The molecular formula is C12H16N4. The van der Waals surface area contributed by atoms with Gasteiger partial charge in [0, 0.05) is 24.0 Å². The first-order chi connectivity index (χ1) is 7.75. The van der Waals surface area contributed by atoms with Gasteiger partial charge < -0.3 is 10.3 Å². The van der Waals surface area contributed by atoms with Gasteiger partial charge in [0.2, 0.25) is 0 Å². The number of nitrogens with zero attached hydrogens (tertiary/aromatic N) is 2. The fraction of sp³-hybridized carbons (Fsp3) is 0.333. The van der Waals surface area contributed by atoms with Crippen LogP contribution in [-0.2, 0) is 6.54 Å². The van der Waals surface area contributed by atoms with Crippen LogP contribution in [0, 0.1) is 0 Å². The second-order valence-electron chi connectivity index (χ2n) is 4.02. The molecule has 2 heterocycles. The average Bonchev–Trinajstić information content (AvgIpc) is 2.76. The number of hydrogen-bond acceptors (Lipinski definition) is 3. The lowest BCUT2D eigenvalue weighted by molar-refractivity contribution is 0.575. The fourth-order valence-corrected chi connectivity index (χ4v) is 1.42. The monoisotopic (exact) mass is 216 g/mol. The Bertz CT molecular complexity index is 433. The van der Waals surface area contributed by atoms with Crippen molar-refractivity contribution in [3.8, 4) is 11.3 Å². The van der Waals surface area contributed by atoms with Crippen molar-refractivity contribution in [1.82, 2.24) is 20.3 Å². The molecule has 0 aliphatic carbocycles. The molecule has 2 aromatic heterocycles. The van der Waals surface area contributed by atoms with Gasteiger partial charge in [0.25, 0.3) is 0 Å². The molecule has 0 saturated carbocycles. The first-order valence-electron chi connectivity index (χ1n) is 5.43. The topological polar surface area (TPSA) is 53.6 Å². The Kier molecular flexibility index (Phi) is 3.31. The molecule has 0 aromatic carbocycles. The van der Waals surface area contributed by atoms with Crippen LogP contribution in [0.1, 0.15) is 19.7 Å². The molecule has 0 radical (unpaired) electrons. The van der Waals surface area contributed by atoms with Crippen LogP contribution in [0.15, 0.2) is 30.7 Å². The van der Waals surface area contributed by atoms with Crippen molar-refractivity contribution in [2.45, 2.75) is 26.4 Å². The average molecular weight is 216 g/mol. The standard InChI is InChI=1S/C12H16N4/c1-9(2)14-8-12-15-7-11(16-12)10-4-3-5-13-6-10/h3-7,9,14H,8H2,1-2H3,(H,15,16). The molecule has 16 heavy (non-hydrogen) atoms. The highest BCUT2D eigenvalue weighted by Crippen LogP contribution is 2.14. The largest absolute Gasteiger partial charge is 0.341 e. The van der Waals surface area contributed by atoms with E-state index >= 15 is 0 Å². The normalized spacial score (nSPS) is 10.9. The number of pyridine rings is 1. The minimum absolute atomic E-state index is 0.465. The molecule has 0 bridgehead atoms. The van der Waals surface area contributed by atoms with Gasteiger partial charge in [0.15, 0.2) is 0 Å². The first-order valence-corrected chi connectivity index (χ1v) is 5.43. The van der Waals surface area contributed by atoms with E-state index in [1.807, 2.05) is 24.5 Å². The molecule has 2 N–H and O–H groups in total. The molecule has 0 fully saturated rings. The third-order valence-electron chi connectivity index (χ3n) is 2.28. The summed E-state index contributed by atoms with van der Waals surface area (Å²) in [4.78, 5) is 11.7. The molecule has 2 rings (SSSR count). The molecule has 0 amide bonds. The van der Waals surface area contributed by atoms with Crippen LogP contribution in [0.4, 0.5) is 0 Å². The number of aromatic nitrogens is 3. The Balaban J connectivity index is 2.08. The molecule has 0 aliphatic heterocycles. The minimum atomic E-state index is 0.465. The maximum Gasteiger partial charge on any atom is 0.120 e. The molecule has 0 aliphatic rings. The van der Waals surface area contributed by atoms with Gasteiger partial charge in [0.1, 0.15) is 5.82 Å². The summed E-state index contributed by atoms with van der Waals surface area (Å²) < 4.78 is 0. The molecule has 0 unspecified atom stereocenters. The van der Waals surface area contributed by atoms with E-state index in [1.165, 1.54) is 0 Å². The molecule has 4 heteroatoms. The third-order valence-corrected chi connectivity index (χ3v) is 2.28. The van der Waals surface area contributed by atoms with Gasteiger partial charge in [-0.25, -0.2) is 4.98 Å². The van der Waals surface area contributed by atoms with Crippen molar-refractivity contribution >= 4 is 0 Å². The number of aromatic amines is 1. The number of H-pyrrole nitrogens is 1. The Morgan fingerprint density at radius 1 is 1.38 bits per heavy atom. The number of nitrogens with one attached hydrogen (secondary N) is 2. The van der Waals surface area contributed by atoms with Gasteiger partial charge in [-0.2, -0.15) is 0 Å². The van der Waals surface area contributed by atoms with E-state index < -0.39 is 0 Å². The van der Waals surface area contributed by atoms with Crippen LogP contribution in [0.5, 0.6) is 0 Å². The highest BCUT2D eigenvalue weighted by atomic mass is 15.0. The smallest absolute Gasteiger partial charge is 0.120 e. The van der Waals surface area contributed by atoms with Crippen LogP contribution in [-0.4, -0.2) is 21.0 Å². The van der Waals surface area contributed by atoms with E-state index in [-0.39, 0.29) is 0 Å². The van der Waals surface area contributed by atoms with Crippen LogP contribution in [0.2, 0.25) is 0 Å². The maximum absolute atomic E-state index is 4.32. The van der Waals surface area contributed by atoms with E-state index in [9.17, 15) is 0 Å². The lowest BCUT2D eigenvalue weighted by atomic mass is 10.2. The SMILES string of the molecule is CC(C)NCc1ncc(-c2cccnc2)[nH]1. The van der Waals surface area contributed by atoms with Gasteiger partial charge in [0.05, 0.1) is 18.4 Å².